The molecule has 1 aliphatic carbocycles. The summed E-state index contributed by atoms with van der Waals surface area (Å²) in [7, 11) is 0. The number of carbonyl (C=O) groups is 1. The third kappa shape index (κ3) is 2.09. The van der Waals surface area contributed by atoms with Gasteiger partial charge in [-0.15, -0.1) is 0 Å². The van der Waals surface area contributed by atoms with Crippen molar-refractivity contribution in [3.63, 3.8) is 0 Å². The molecule has 3 N–H and O–H groups in total. The number of aromatic nitrogens is 4. The van der Waals surface area contributed by atoms with Crippen LogP contribution in [0.1, 0.15) is 28.0 Å². The highest BCUT2D eigenvalue weighted by molar-refractivity contribution is 6.08. The Morgan fingerprint density at radius 1 is 1.23 bits per heavy atom. The SMILES string of the molecule is O=C(Nc1ccn[nH]1)c1c[nH]c2c1-c1ncccc1CCC2. The molecule has 0 aromatic carbocycles. The first-order chi connectivity index (χ1) is 10.8. The Morgan fingerprint density at radius 2 is 2.18 bits per heavy atom. The van der Waals surface area contributed by atoms with E-state index in [1.807, 2.05) is 6.07 Å². The summed E-state index contributed by atoms with van der Waals surface area (Å²) in [6.45, 7) is 0. The van der Waals surface area contributed by atoms with Crippen molar-refractivity contribution in [2.24, 2.45) is 0 Å². The number of aryl methyl sites for hydroxylation is 2. The number of hydrogen-bond donors (Lipinski definition) is 3. The van der Waals surface area contributed by atoms with Crippen LogP contribution < -0.4 is 5.32 Å². The van der Waals surface area contributed by atoms with Gasteiger partial charge in [-0.2, -0.15) is 5.10 Å². The van der Waals surface area contributed by atoms with Gasteiger partial charge in [0.1, 0.15) is 5.82 Å². The molecule has 1 aliphatic rings. The predicted molar refractivity (Wildman–Crippen MR) is 82.6 cm³/mol. The third-order valence-corrected chi connectivity index (χ3v) is 3.96. The highest BCUT2D eigenvalue weighted by Gasteiger charge is 2.24. The molecule has 0 saturated carbocycles. The average molecular weight is 293 g/mol. The number of hydrogen-bond acceptors (Lipinski definition) is 3. The van der Waals surface area contributed by atoms with Gasteiger partial charge in [-0.25, -0.2) is 0 Å². The Bertz CT molecular complexity index is 819. The predicted octanol–water partition coefficient (Wildman–Crippen LogP) is 2.54. The van der Waals surface area contributed by atoms with Gasteiger partial charge in [-0.1, -0.05) is 6.07 Å². The van der Waals surface area contributed by atoms with Crippen molar-refractivity contribution < 1.29 is 4.79 Å². The molecule has 0 unspecified atom stereocenters. The molecule has 110 valence electrons. The Balaban J connectivity index is 1.78. The molecule has 0 radical (unpaired) electrons. The summed E-state index contributed by atoms with van der Waals surface area (Å²) in [5.74, 6) is 0.412. The van der Waals surface area contributed by atoms with E-state index in [9.17, 15) is 4.79 Å². The maximum Gasteiger partial charge on any atom is 0.259 e. The first-order valence-corrected chi connectivity index (χ1v) is 7.28. The van der Waals surface area contributed by atoms with Crippen LogP contribution in [-0.2, 0) is 12.8 Å². The number of pyridine rings is 1. The van der Waals surface area contributed by atoms with Gasteiger partial charge < -0.3 is 10.3 Å². The molecular formula is C16H15N5O. The van der Waals surface area contributed by atoms with Gasteiger partial charge >= 0.3 is 0 Å². The van der Waals surface area contributed by atoms with Crippen molar-refractivity contribution in [2.45, 2.75) is 19.3 Å². The van der Waals surface area contributed by atoms with Crippen molar-refractivity contribution in [3.05, 3.63) is 53.6 Å². The lowest BCUT2D eigenvalue weighted by molar-refractivity contribution is 0.102. The van der Waals surface area contributed by atoms with Gasteiger partial charge in [-0.3, -0.25) is 14.9 Å². The summed E-state index contributed by atoms with van der Waals surface area (Å²) in [5.41, 5.74) is 4.71. The fourth-order valence-corrected chi connectivity index (χ4v) is 2.95. The summed E-state index contributed by atoms with van der Waals surface area (Å²) in [4.78, 5) is 20.3. The maximum atomic E-state index is 12.6. The number of amides is 1. The molecule has 6 heteroatoms. The number of H-pyrrole nitrogens is 2. The molecule has 0 bridgehead atoms. The zero-order valence-corrected chi connectivity index (χ0v) is 11.9. The highest BCUT2D eigenvalue weighted by atomic mass is 16.1. The van der Waals surface area contributed by atoms with E-state index in [1.54, 1.807) is 24.7 Å². The fraction of sp³-hybridized carbons (Fsp3) is 0.188. The van der Waals surface area contributed by atoms with Crippen LogP contribution in [0.25, 0.3) is 11.3 Å². The molecule has 4 rings (SSSR count). The molecule has 22 heavy (non-hydrogen) atoms. The average Bonchev–Trinajstić information content (AvgIpc) is 3.14. The van der Waals surface area contributed by atoms with Crippen molar-refractivity contribution in [1.82, 2.24) is 20.2 Å². The third-order valence-electron chi connectivity index (χ3n) is 3.96. The lowest BCUT2D eigenvalue weighted by Gasteiger charge is -2.08. The van der Waals surface area contributed by atoms with Crippen molar-refractivity contribution >= 4 is 11.7 Å². The molecule has 3 heterocycles. The molecule has 0 saturated heterocycles. The zero-order valence-electron chi connectivity index (χ0n) is 11.9. The summed E-state index contributed by atoms with van der Waals surface area (Å²) in [5, 5.41) is 9.39. The minimum atomic E-state index is -0.166. The number of aromatic amines is 2. The molecule has 6 nitrogen and oxygen atoms in total. The molecule has 0 fully saturated rings. The number of nitrogens with one attached hydrogen (secondary N) is 3. The standard InChI is InChI=1S/C16H15N5O/c22-16(20-13-6-8-19-21-13)11-9-18-12-5-1-3-10-4-2-7-17-15(10)14(11)12/h2,4,6-9,18H,1,3,5H2,(H2,19,20,21,22). The largest absolute Gasteiger partial charge is 0.364 e. The van der Waals surface area contributed by atoms with E-state index in [1.165, 1.54) is 5.56 Å². The minimum Gasteiger partial charge on any atom is -0.364 e. The molecule has 3 aromatic heterocycles. The molecule has 3 aromatic rings. The Kier molecular flexibility index (Phi) is 3.00. The van der Waals surface area contributed by atoms with E-state index in [4.69, 9.17) is 0 Å². The maximum absolute atomic E-state index is 12.6. The quantitative estimate of drug-likeness (QED) is 0.678. The van der Waals surface area contributed by atoms with Gasteiger partial charge in [0, 0.05) is 29.7 Å². The molecule has 0 aliphatic heterocycles. The van der Waals surface area contributed by atoms with Crippen LogP contribution in [0.5, 0.6) is 0 Å². The molecular weight excluding hydrogens is 278 g/mol. The first kappa shape index (κ1) is 12.8. The van der Waals surface area contributed by atoms with E-state index < -0.39 is 0 Å². The summed E-state index contributed by atoms with van der Waals surface area (Å²) < 4.78 is 0. The second-order valence-electron chi connectivity index (χ2n) is 5.35. The molecule has 0 spiro atoms. The van der Waals surface area contributed by atoms with Crippen molar-refractivity contribution in [3.8, 4) is 11.3 Å². The van der Waals surface area contributed by atoms with Crippen LogP contribution in [0.15, 0.2) is 36.8 Å². The number of carbonyl (C=O) groups excluding carboxylic acids is 1. The topological polar surface area (TPSA) is 86.5 Å². The second kappa shape index (κ2) is 5.14. The highest BCUT2D eigenvalue weighted by Crippen LogP contribution is 2.33. The second-order valence-corrected chi connectivity index (χ2v) is 5.35. The van der Waals surface area contributed by atoms with Crippen molar-refractivity contribution in [1.29, 1.82) is 0 Å². The Morgan fingerprint density at radius 3 is 3.05 bits per heavy atom. The van der Waals surface area contributed by atoms with E-state index in [0.29, 0.717) is 11.4 Å². The monoisotopic (exact) mass is 293 g/mol. The van der Waals surface area contributed by atoms with E-state index >= 15 is 0 Å². The van der Waals surface area contributed by atoms with Gasteiger partial charge in [-0.05, 0) is 30.9 Å². The van der Waals surface area contributed by atoms with Gasteiger partial charge in [0.05, 0.1) is 17.5 Å². The normalized spacial score (nSPS) is 13.1. The van der Waals surface area contributed by atoms with E-state index in [0.717, 1.165) is 36.2 Å². The zero-order chi connectivity index (χ0) is 14.9. The van der Waals surface area contributed by atoms with E-state index in [-0.39, 0.29) is 5.91 Å². The van der Waals surface area contributed by atoms with Crippen LogP contribution in [0.4, 0.5) is 5.82 Å². The van der Waals surface area contributed by atoms with Gasteiger partial charge in [0.15, 0.2) is 0 Å². The van der Waals surface area contributed by atoms with Crippen LogP contribution >= 0.6 is 0 Å². The smallest absolute Gasteiger partial charge is 0.259 e. The summed E-state index contributed by atoms with van der Waals surface area (Å²) >= 11 is 0. The Hall–Kier alpha value is -2.89. The van der Waals surface area contributed by atoms with Crippen LogP contribution in [-0.4, -0.2) is 26.1 Å². The minimum absolute atomic E-state index is 0.166. The lowest BCUT2D eigenvalue weighted by atomic mass is 10.0. The molecule has 1 amide bonds. The Labute approximate surface area is 127 Å². The van der Waals surface area contributed by atoms with E-state index in [2.05, 4.69) is 31.5 Å². The van der Waals surface area contributed by atoms with Crippen LogP contribution in [0.2, 0.25) is 0 Å². The number of anilines is 1. The summed E-state index contributed by atoms with van der Waals surface area (Å²) in [6.07, 6.45) is 8.09. The summed E-state index contributed by atoms with van der Waals surface area (Å²) in [6, 6.07) is 5.75. The number of rotatable bonds is 2. The van der Waals surface area contributed by atoms with Crippen molar-refractivity contribution in [2.75, 3.05) is 5.32 Å². The fourth-order valence-electron chi connectivity index (χ4n) is 2.95. The van der Waals surface area contributed by atoms with Crippen LogP contribution in [0, 0.1) is 0 Å². The van der Waals surface area contributed by atoms with Gasteiger partial charge in [0.25, 0.3) is 5.91 Å². The van der Waals surface area contributed by atoms with Crippen LogP contribution in [0.3, 0.4) is 0 Å². The first-order valence-electron chi connectivity index (χ1n) is 7.28. The lowest BCUT2D eigenvalue weighted by Crippen LogP contribution is -2.13. The number of nitrogens with zero attached hydrogens (tertiary/aromatic N) is 2. The molecule has 0 atom stereocenters. The number of fused-ring (bicyclic) bond motifs is 3. The van der Waals surface area contributed by atoms with Gasteiger partial charge in [0.2, 0.25) is 0 Å².